The van der Waals surface area contributed by atoms with Gasteiger partial charge in [-0.25, -0.2) is 9.97 Å². The summed E-state index contributed by atoms with van der Waals surface area (Å²) in [5.74, 6) is 1.37. The summed E-state index contributed by atoms with van der Waals surface area (Å²) in [6.07, 6.45) is 4.13. The fourth-order valence-electron chi connectivity index (χ4n) is 1.90. The van der Waals surface area contributed by atoms with Crippen molar-refractivity contribution in [2.24, 2.45) is 5.92 Å². The zero-order chi connectivity index (χ0) is 11.1. The van der Waals surface area contributed by atoms with Gasteiger partial charge in [0.15, 0.2) is 0 Å². The molecular weight excluding hydrogens is 206 g/mol. The van der Waals surface area contributed by atoms with E-state index in [9.17, 15) is 4.79 Å². The van der Waals surface area contributed by atoms with Crippen LogP contribution in [0.1, 0.15) is 24.6 Å². The molecule has 0 spiro atoms. The number of nitrogens with zero attached hydrogens (tertiary/aromatic N) is 3. The van der Waals surface area contributed by atoms with Gasteiger partial charge in [-0.3, -0.25) is 4.79 Å². The van der Waals surface area contributed by atoms with Crippen LogP contribution < -0.4 is 4.90 Å². The molecule has 2 fully saturated rings. The van der Waals surface area contributed by atoms with E-state index in [0.29, 0.717) is 19.0 Å². The van der Waals surface area contributed by atoms with Gasteiger partial charge in [0, 0.05) is 25.2 Å². The van der Waals surface area contributed by atoms with Crippen LogP contribution in [-0.4, -0.2) is 34.1 Å². The normalized spacial score (nSPS) is 20.6. The molecule has 1 aromatic rings. The van der Waals surface area contributed by atoms with Crippen LogP contribution in [0.25, 0.3) is 0 Å². The number of aliphatic carboxylic acids is 1. The van der Waals surface area contributed by atoms with Crippen molar-refractivity contribution in [3.8, 4) is 0 Å². The van der Waals surface area contributed by atoms with Crippen molar-refractivity contribution in [3.05, 3.63) is 18.1 Å². The molecule has 1 aliphatic heterocycles. The monoisotopic (exact) mass is 219 g/mol. The number of hydrogen-bond acceptors (Lipinski definition) is 4. The molecule has 5 nitrogen and oxygen atoms in total. The first kappa shape index (κ1) is 9.57. The minimum Gasteiger partial charge on any atom is -0.481 e. The van der Waals surface area contributed by atoms with Crippen LogP contribution >= 0.6 is 0 Å². The summed E-state index contributed by atoms with van der Waals surface area (Å²) in [7, 11) is 0. The highest BCUT2D eigenvalue weighted by atomic mass is 16.4. The van der Waals surface area contributed by atoms with Gasteiger partial charge in [0.05, 0.1) is 5.92 Å². The Balaban J connectivity index is 1.71. The van der Waals surface area contributed by atoms with Crippen molar-refractivity contribution < 1.29 is 9.90 Å². The van der Waals surface area contributed by atoms with Crippen LogP contribution in [0.2, 0.25) is 0 Å². The predicted octanol–water partition coefficient (Wildman–Crippen LogP) is 0.875. The van der Waals surface area contributed by atoms with E-state index in [1.54, 1.807) is 6.20 Å². The first-order valence-corrected chi connectivity index (χ1v) is 5.55. The van der Waals surface area contributed by atoms with Gasteiger partial charge in [-0.05, 0) is 18.9 Å². The Hall–Kier alpha value is -1.65. The molecule has 5 heteroatoms. The lowest BCUT2D eigenvalue weighted by molar-refractivity contribution is -0.142. The van der Waals surface area contributed by atoms with E-state index >= 15 is 0 Å². The van der Waals surface area contributed by atoms with Crippen molar-refractivity contribution in [1.82, 2.24) is 9.97 Å². The van der Waals surface area contributed by atoms with E-state index < -0.39 is 5.97 Å². The van der Waals surface area contributed by atoms with E-state index in [1.165, 1.54) is 12.8 Å². The minimum absolute atomic E-state index is 0.237. The molecule has 3 rings (SSSR count). The molecular formula is C11H13N3O2. The van der Waals surface area contributed by atoms with Gasteiger partial charge in [-0.1, -0.05) is 0 Å². The van der Waals surface area contributed by atoms with Crippen molar-refractivity contribution in [1.29, 1.82) is 0 Å². The summed E-state index contributed by atoms with van der Waals surface area (Å²) in [6.45, 7) is 1.13. The second-order valence-corrected chi connectivity index (χ2v) is 4.49. The highest BCUT2D eigenvalue weighted by Gasteiger charge is 2.34. The maximum atomic E-state index is 10.7. The van der Waals surface area contributed by atoms with Gasteiger partial charge in [-0.2, -0.15) is 0 Å². The Bertz CT molecular complexity index is 425. The summed E-state index contributed by atoms with van der Waals surface area (Å²) in [6, 6.07) is 1.85. The Morgan fingerprint density at radius 1 is 1.44 bits per heavy atom. The Labute approximate surface area is 93.1 Å². The van der Waals surface area contributed by atoms with Gasteiger partial charge in [0.25, 0.3) is 0 Å². The summed E-state index contributed by atoms with van der Waals surface area (Å²) in [4.78, 5) is 21.4. The largest absolute Gasteiger partial charge is 0.481 e. The third-order valence-corrected chi connectivity index (χ3v) is 3.16. The first-order valence-electron chi connectivity index (χ1n) is 5.55. The van der Waals surface area contributed by atoms with Gasteiger partial charge >= 0.3 is 5.97 Å². The smallest absolute Gasteiger partial charge is 0.310 e. The Morgan fingerprint density at radius 3 is 2.81 bits per heavy atom. The van der Waals surface area contributed by atoms with E-state index in [-0.39, 0.29) is 5.92 Å². The number of hydrogen-bond donors (Lipinski definition) is 1. The van der Waals surface area contributed by atoms with E-state index in [1.807, 2.05) is 11.0 Å². The number of carboxylic acid groups (broad SMARTS) is 1. The lowest BCUT2D eigenvalue weighted by atomic mass is 10.0. The molecule has 1 saturated heterocycles. The number of rotatable bonds is 3. The average Bonchev–Trinajstić information content (AvgIpc) is 2.98. The molecule has 0 bridgehead atoms. The summed E-state index contributed by atoms with van der Waals surface area (Å²) < 4.78 is 0. The minimum atomic E-state index is -0.715. The second kappa shape index (κ2) is 3.43. The van der Waals surface area contributed by atoms with Crippen molar-refractivity contribution >= 4 is 11.8 Å². The number of aromatic nitrogens is 2. The fourth-order valence-corrected chi connectivity index (χ4v) is 1.90. The zero-order valence-corrected chi connectivity index (χ0v) is 8.83. The maximum Gasteiger partial charge on any atom is 0.310 e. The van der Waals surface area contributed by atoms with Crippen LogP contribution in [0, 0.1) is 5.92 Å². The molecule has 2 heterocycles. The van der Waals surface area contributed by atoms with Gasteiger partial charge in [0.2, 0.25) is 0 Å². The molecule has 84 valence electrons. The third-order valence-electron chi connectivity index (χ3n) is 3.16. The fraction of sp³-hybridized carbons (Fsp3) is 0.545. The van der Waals surface area contributed by atoms with E-state index in [0.717, 1.165) is 11.6 Å². The molecule has 16 heavy (non-hydrogen) atoms. The SMILES string of the molecule is O=C(O)C1CN(c2ccnc(C3CC3)n2)C1. The molecule has 0 unspecified atom stereocenters. The Kier molecular flexibility index (Phi) is 2.05. The molecule has 2 aliphatic rings. The molecule has 1 saturated carbocycles. The standard InChI is InChI=1S/C11H13N3O2/c15-11(16)8-5-14(6-8)9-3-4-12-10(13-9)7-1-2-7/h3-4,7-8H,1-2,5-6H2,(H,15,16). The van der Waals surface area contributed by atoms with E-state index in [2.05, 4.69) is 9.97 Å². The quantitative estimate of drug-likeness (QED) is 0.817. The average molecular weight is 219 g/mol. The maximum absolute atomic E-state index is 10.7. The summed E-state index contributed by atoms with van der Waals surface area (Å²) >= 11 is 0. The van der Waals surface area contributed by atoms with Crippen molar-refractivity contribution in [2.75, 3.05) is 18.0 Å². The molecule has 1 N–H and O–H groups in total. The van der Waals surface area contributed by atoms with Crippen LogP contribution in [0.4, 0.5) is 5.82 Å². The topological polar surface area (TPSA) is 66.3 Å². The van der Waals surface area contributed by atoms with Crippen LogP contribution in [-0.2, 0) is 4.79 Å². The zero-order valence-electron chi connectivity index (χ0n) is 8.83. The van der Waals surface area contributed by atoms with Gasteiger partial charge in [0.1, 0.15) is 11.6 Å². The van der Waals surface area contributed by atoms with Crippen LogP contribution in [0.3, 0.4) is 0 Å². The molecule has 1 aromatic heterocycles. The highest BCUT2D eigenvalue weighted by Crippen LogP contribution is 2.38. The van der Waals surface area contributed by atoms with Gasteiger partial charge < -0.3 is 10.0 Å². The summed E-state index contributed by atoms with van der Waals surface area (Å²) in [5, 5.41) is 8.79. The summed E-state index contributed by atoms with van der Waals surface area (Å²) in [5.41, 5.74) is 0. The lowest BCUT2D eigenvalue weighted by Crippen LogP contribution is -2.50. The molecule has 1 aliphatic carbocycles. The first-order chi connectivity index (χ1) is 7.74. The number of carboxylic acids is 1. The second-order valence-electron chi connectivity index (χ2n) is 4.49. The molecule has 0 aromatic carbocycles. The molecule has 0 radical (unpaired) electrons. The van der Waals surface area contributed by atoms with E-state index in [4.69, 9.17) is 5.11 Å². The highest BCUT2D eigenvalue weighted by molar-refractivity contribution is 5.74. The van der Waals surface area contributed by atoms with Gasteiger partial charge in [-0.15, -0.1) is 0 Å². The van der Waals surface area contributed by atoms with Crippen molar-refractivity contribution in [2.45, 2.75) is 18.8 Å². The number of anilines is 1. The van der Waals surface area contributed by atoms with Crippen LogP contribution in [0.15, 0.2) is 12.3 Å². The van der Waals surface area contributed by atoms with Crippen LogP contribution in [0.5, 0.6) is 0 Å². The molecule has 0 amide bonds. The molecule has 0 atom stereocenters. The van der Waals surface area contributed by atoms with Crippen molar-refractivity contribution in [3.63, 3.8) is 0 Å². The predicted molar refractivity (Wildman–Crippen MR) is 57.3 cm³/mol. The Morgan fingerprint density at radius 2 is 2.19 bits per heavy atom. The third kappa shape index (κ3) is 1.62. The number of carbonyl (C=O) groups is 1. The lowest BCUT2D eigenvalue weighted by Gasteiger charge is -2.37.